The number of carbonyl (C=O) groups is 1. The maximum Gasteiger partial charge on any atom is 0.410 e. The van der Waals surface area contributed by atoms with E-state index in [0.29, 0.717) is 25.1 Å². The largest absolute Gasteiger partial charge is 0.445 e. The molecule has 214 valence electrons. The van der Waals surface area contributed by atoms with Crippen molar-refractivity contribution in [2.45, 2.75) is 57.4 Å². The van der Waals surface area contributed by atoms with Gasteiger partial charge in [0.2, 0.25) is 0 Å². The molecule has 5 nitrogen and oxygen atoms in total. The van der Waals surface area contributed by atoms with E-state index >= 15 is 0 Å². The Hall–Kier alpha value is -4.18. The van der Waals surface area contributed by atoms with E-state index in [0.717, 1.165) is 11.1 Å². The van der Waals surface area contributed by atoms with Gasteiger partial charge in [0.25, 0.3) is 8.32 Å². The summed E-state index contributed by atoms with van der Waals surface area (Å²) in [5.74, 6) is 0. The number of piperidine rings is 1. The Morgan fingerprint density at radius 1 is 0.857 bits per heavy atom. The lowest BCUT2D eigenvalue weighted by atomic mass is 9.93. The van der Waals surface area contributed by atoms with Crippen LogP contribution in [0.4, 0.5) is 10.5 Å². The van der Waals surface area contributed by atoms with Crippen molar-refractivity contribution in [2.75, 3.05) is 6.54 Å². The smallest absolute Gasteiger partial charge is 0.410 e. The van der Waals surface area contributed by atoms with E-state index in [4.69, 9.17) is 15.7 Å². The first-order valence-corrected chi connectivity index (χ1v) is 16.5. The Morgan fingerprint density at radius 3 is 1.93 bits per heavy atom. The quantitative estimate of drug-likeness (QED) is 0.168. The van der Waals surface area contributed by atoms with E-state index in [2.05, 4.69) is 86.3 Å². The van der Waals surface area contributed by atoms with E-state index in [1.165, 1.54) is 10.4 Å². The summed E-state index contributed by atoms with van der Waals surface area (Å²) in [5, 5.41) is 2.34. The summed E-state index contributed by atoms with van der Waals surface area (Å²) < 4.78 is 13.3. The number of hydrogen-bond acceptors (Lipinski definition) is 3. The number of nitrogens with zero attached hydrogens (tertiary/aromatic N) is 2. The normalized spacial score (nSPS) is 17.3. The maximum absolute atomic E-state index is 13.5. The molecule has 0 spiro atoms. The molecule has 0 radical (unpaired) electrons. The van der Waals surface area contributed by atoms with Crippen molar-refractivity contribution < 1.29 is 14.0 Å². The monoisotopic (exact) mass is 574 g/mol. The van der Waals surface area contributed by atoms with Gasteiger partial charge in [-0.25, -0.2) is 9.64 Å². The van der Waals surface area contributed by atoms with Crippen molar-refractivity contribution in [3.63, 3.8) is 0 Å². The molecule has 2 atom stereocenters. The van der Waals surface area contributed by atoms with Crippen LogP contribution in [0.15, 0.2) is 115 Å². The van der Waals surface area contributed by atoms with Crippen molar-refractivity contribution in [2.24, 2.45) is 0 Å². The average molecular weight is 575 g/mol. The Balaban J connectivity index is 1.48. The number of benzene rings is 4. The molecular formula is C36H38N2O3Si. The van der Waals surface area contributed by atoms with Gasteiger partial charge in [-0.3, -0.25) is 0 Å². The summed E-state index contributed by atoms with van der Waals surface area (Å²) in [5.41, 5.74) is 2.51. The van der Waals surface area contributed by atoms with Gasteiger partial charge < -0.3 is 14.1 Å². The third-order valence-corrected chi connectivity index (χ3v) is 13.3. The summed E-state index contributed by atoms with van der Waals surface area (Å²) >= 11 is 0. The van der Waals surface area contributed by atoms with E-state index in [1.54, 1.807) is 0 Å². The van der Waals surface area contributed by atoms with Crippen LogP contribution >= 0.6 is 0 Å². The molecule has 1 amide bonds. The Morgan fingerprint density at radius 2 is 1.40 bits per heavy atom. The minimum absolute atomic E-state index is 0.0694. The fourth-order valence-corrected chi connectivity index (χ4v) is 10.8. The maximum atomic E-state index is 13.5. The molecule has 1 heterocycles. The number of rotatable bonds is 7. The highest BCUT2D eigenvalue weighted by molar-refractivity contribution is 6.99. The van der Waals surface area contributed by atoms with Gasteiger partial charge in [-0.1, -0.05) is 136 Å². The SMILES string of the molecule is [C-]#[N+]c1ccc([C@@H]2C[C@@H](O[Si](c3ccccc3)(c3ccccc3)C(C)(C)C)CCN2C(=O)OCc2ccccc2)cc1. The highest BCUT2D eigenvalue weighted by Gasteiger charge is 2.52. The van der Waals surface area contributed by atoms with Gasteiger partial charge in [-0.15, -0.1) is 0 Å². The third-order valence-electron chi connectivity index (χ3n) is 8.16. The van der Waals surface area contributed by atoms with Crippen LogP contribution in [0, 0.1) is 6.57 Å². The number of carbonyl (C=O) groups excluding carboxylic acids is 1. The highest BCUT2D eigenvalue weighted by Crippen LogP contribution is 2.41. The fourth-order valence-electron chi connectivity index (χ4n) is 6.09. The van der Waals surface area contributed by atoms with Gasteiger partial charge >= 0.3 is 6.09 Å². The van der Waals surface area contributed by atoms with Gasteiger partial charge in [-0.05, 0) is 39.4 Å². The van der Waals surface area contributed by atoms with Crippen LogP contribution in [-0.2, 0) is 15.8 Å². The van der Waals surface area contributed by atoms with Crippen molar-refractivity contribution in [1.82, 2.24) is 4.90 Å². The molecule has 0 aliphatic carbocycles. The zero-order valence-corrected chi connectivity index (χ0v) is 25.6. The molecule has 4 aromatic carbocycles. The first-order valence-electron chi connectivity index (χ1n) is 14.6. The van der Waals surface area contributed by atoms with Crippen LogP contribution in [0.5, 0.6) is 0 Å². The molecule has 1 fully saturated rings. The van der Waals surface area contributed by atoms with Crippen molar-refractivity contribution >= 4 is 30.5 Å². The average Bonchev–Trinajstić information content (AvgIpc) is 3.03. The molecule has 5 rings (SSSR count). The molecule has 1 saturated heterocycles. The second-order valence-corrected chi connectivity index (χ2v) is 16.1. The number of ether oxygens (including phenoxy) is 1. The molecule has 42 heavy (non-hydrogen) atoms. The second-order valence-electron chi connectivity index (χ2n) is 11.9. The van der Waals surface area contributed by atoms with E-state index in [-0.39, 0.29) is 29.9 Å². The molecule has 1 aliphatic rings. The molecule has 0 bridgehead atoms. The number of hydrogen-bond donors (Lipinski definition) is 0. The lowest BCUT2D eigenvalue weighted by molar-refractivity contribution is 0.0312. The number of likely N-dealkylation sites (tertiary alicyclic amines) is 1. The minimum Gasteiger partial charge on any atom is -0.445 e. The predicted molar refractivity (Wildman–Crippen MR) is 171 cm³/mol. The van der Waals surface area contributed by atoms with E-state index < -0.39 is 8.32 Å². The molecule has 0 aromatic heterocycles. The zero-order valence-electron chi connectivity index (χ0n) is 24.6. The predicted octanol–water partition coefficient (Wildman–Crippen LogP) is 7.66. The highest BCUT2D eigenvalue weighted by atomic mass is 28.4. The molecular weight excluding hydrogens is 536 g/mol. The van der Waals surface area contributed by atoms with Crippen LogP contribution < -0.4 is 10.4 Å². The van der Waals surface area contributed by atoms with Crippen LogP contribution in [0.25, 0.3) is 4.85 Å². The number of amides is 1. The first kappa shape index (κ1) is 29.3. The second kappa shape index (κ2) is 12.8. The lowest BCUT2D eigenvalue weighted by Gasteiger charge is -2.48. The molecule has 0 unspecified atom stereocenters. The van der Waals surface area contributed by atoms with Gasteiger partial charge in [0.05, 0.1) is 12.6 Å². The molecule has 0 N–H and O–H groups in total. The summed E-state index contributed by atoms with van der Waals surface area (Å²) in [6.45, 7) is 15.0. The summed E-state index contributed by atoms with van der Waals surface area (Å²) in [6, 6.07) is 38.4. The van der Waals surface area contributed by atoms with Crippen LogP contribution in [-0.4, -0.2) is 32.0 Å². The van der Waals surface area contributed by atoms with Crippen LogP contribution in [0.3, 0.4) is 0 Å². The fraction of sp³-hybridized carbons (Fsp3) is 0.278. The van der Waals surface area contributed by atoms with Crippen molar-refractivity contribution in [3.8, 4) is 0 Å². The molecule has 1 aliphatic heterocycles. The Labute approximate surface area is 250 Å². The van der Waals surface area contributed by atoms with Gasteiger partial charge in [0, 0.05) is 12.6 Å². The summed E-state index contributed by atoms with van der Waals surface area (Å²) in [6.07, 6.45) is 0.950. The summed E-state index contributed by atoms with van der Waals surface area (Å²) in [7, 11) is -2.76. The zero-order chi connectivity index (χ0) is 29.6. The minimum atomic E-state index is -2.76. The molecule has 4 aromatic rings. The van der Waals surface area contributed by atoms with Crippen molar-refractivity contribution in [1.29, 1.82) is 0 Å². The third kappa shape index (κ3) is 6.18. The van der Waals surface area contributed by atoms with Gasteiger partial charge in [0.1, 0.15) is 6.61 Å². The molecule has 6 heteroatoms. The summed E-state index contributed by atoms with van der Waals surface area (Å²) in [4.78, 5) is 18.9. The van der Waals surface area contributed by atoms with Crippen LogP contribution in [0.1, 0.15) is 50.8 Å². The molecule has 0 saturated carbocycles. The van der Waals surface area contributed by atoms with Crippen molar-refractivity contribution in [3.05, 3.63) is 138 Å². The topological polar surface area (TPSA) is 43.1 Å². The first-order chi connectivity index (χ1) is 20.3. The van der Waals surface area contributed by atoms with Crippen LogP contribution in [0.2, 0.25) is 5.04 Å². The Bertz CT molecular complexity index is 1460. The van der Waals surface area contributed by atoms with E-state index in [9.17, 15) is 4.79 Å². The van der Waals surface area contributed by atoms with Gasteiger partial charge in [0.15, 0.2) is 5.69 Å². The standard InChI is InChI=1S/C36H38N2O3Si/c1-36(2,3)42(32-16-10-6-11-17-32,33-18-12-7-13-19-33)41-31-24-25-38(35(39)40-27-28-14-8-5-9-15-28)34(26-31)29-20-22-30(37-4)23-21-29/h5-23,31,34H,24-27H2,1-3H3/t31-,34-/m0/s1. The van der Waals surface area contributed by atoms with E-state index in [1.807, 2.05) is 59.5 Å². The lowest BCUT2D eigenvalue weighted by Crippen LogP contribution is -2.68. The Kier molecular flexibility index (Phi) is 8.91. The van der Waals surface area contributed by atoms with Gasteiger partial charge in [-0.2, -0.15) is 0 Å².